The van der Waals surface area contributed by atoms with Gasteiger partial charge in [0.05, 0.1) is 24.3 Å². The number of hydrogen-bond donors (Lipinski definition) is 1. The van der Waals surface area contributed by atoms with Gasteiger partial charge in [-0.3, -0.25) is 4.79 Å². The number of anilines is 1. The number of halogens is 2. The lowest BCUT2D eigenvalue weighted by Crippen LogP contribution is -2.50. The second-order valence-electron chi connectivity index (χ2n) is 10.1. The summed E-state index contributed by atoms with van der Waals surface area (Å²) in [6.07, 6.45) is -0.707. The maximum absolute atomic E-state index is 15.3. The first-order valence-electron chi connectivity index (χ1n) is 11.9. The molecule has 38 heavy (non-hydrogen) atoms. The molecule has 2 amide bonds. The number of hydrogen-bond acceptors (Lipinski definition) is 8. The number of benzene rings is 2. The Kier molecular flexibility index (Phi) is 8.29. The summed E-state index contributed by atoms with van der Waals surface area (Å²) in [5, 5.41) is 7.18. The topological polar surface area (TPSA) is 101 Å². The molecule has 9 nitrogen and oxygen atoms in total. The van der Waals surface area contributed by atoms with Crippen LogP contribution in [0.1, 0.15) is 32.2 Å². The third-order valence-corrected chi connectivity index (χ3v) is 6.80. The number of thioether (sulfide) groups is 1. The fourth-order valence-electron chi connectivity index (χ4n) is 3.78. The van der Waals surface area contributed by atoms with Crippen molar-refractivity contribution in [3.8, 4) is 11.4 Å². The minimum absolute atomic E-state index is 0.0821. The molecule has 0 unspecified atom stereocenters. The quantitative estimate of drug-likeness (QED) is 0.442. The van der Waals surface area contributed by atoms with Crippen molar-refractivity contribution in [3.63, 3.8) is 0 Å². The summed E-state index contributed by atoms with van der Waals surface area (Å²) >= 11 is 7.32. The van der Waals surface area contributed by atoms with Gasteiger partial charge in [-0.15, -0.1) is 11.8 Å². The van der Waals surface area contributed by atoms with Gasteiger partial charge in [-0.05, 0) is 64.7 Å². The summed E-state index contributed by atoms with van der Waals surface area (Å²) in [6.45, 7) is 5.79. The molecule has 1 atom stereocenters. The molecular formula is C26H29ClFN5O4S. The molecule has 1 N–H and O–H groups in total. The largest absolute Gasteiger partial charge is 0.444 e. The molecule has 12 heteroatoms. The van der Waals surface area contributed by atoms with E-state index in [-0.39, 0.29) is 29.6 Å². The highest BCUT2D eigenvalue weighted by atomic mass is 35.5. The summed E-state index contributed by atoms with van der Waals surface area (Å²) in [6, 6.07) is 9.07. The fourth-order valence-corrected chi connectivity index (χ4v) is 4.98. The first kappa shape index (κ1) is 27.9. The molecule has 0 bridgehead atoms. The van der Waals surface area contributed by atoms with Gasteiger partial charge in [0, 0.05) is 15.7 Å². The lowest BCUT2D eigenvalue weighted by Gasteiger charge is -2.27. The van der Waals surface area contributed by atoms with Gasteiger partial charge in [0.25, 0.3) is 5.91 Å². The van der Waals surface area contributed by atoms with E-state index in [2.05, 4.69) is 15.5 Å². The molecule has 0 fully saturated rings. The van der Waals surface area contributed by atoms with Gasteiger partial charge in [-0.2, -0.15) is 4.98 Å². The van der Waals surface area contributed by atoms with Crippen LogP contribution < -0.4 is 10.2 Å². The van der Waals surface area contributed by atoms with Crippen molar-refractivity contribution in [2.24, 2.45) is 0 Å². The van der Waals surface area contributed by atoms with Crippen LogP contribution >= 0.6 is 23.4 Å². The maximum atomic E-state index is 15.3. The zero-order valence-electron chi connectivity index (χ0n) is 21.7. The molecule has 1 aliphatic heterocycles. The van der Waals surface area contributed by atoms with E-state index in [1.54, 1.807) is 51.1 Å². The van der Waals surface area contributed by atoms with Crippen LogP contribution in [0.25, 0.3) is 11.4 Å². The molecule has 1 aromatic heterocycles. The third-order valence-electron chi connectivity index (χ3n) is 5.41. The van der Waals surface area contributed by atoms with Gasteiger partial charge in [-0.1, -0.05) is 28.9 Å². The Labute approximate surface area is 229 Å². The normalized spacial score (nSPS) is 15.8. The molecule has 2 aromatic carbocycles. The van der Waals surface area contributed by atoms with Crippen LogP contribution in [-0.2, 0) is 22.6 Å². The van der Waals surface area contributed by atoms with Crippen molar-refractivity contribution >= 4 is 41.1 Å². The molecule has 1 aliphatic rings. The van der Waals surface area contributed by atoms with E-state index in [0.29, 0.717) is 28.0 Å². The van der Waals surface area contributed by atoms with E-state index in [9.17, 15) is 9.59 Å². The Bertz CT molecular complexity index is 1330. The Balaban J connectivity index is 1.72. The number of rotatable bonds is 6. The van der Waals surface area contributed by atoms with Crippen LogP contribution in [0.3, 0.4) is 0 Å². The van der Waals surface area contributed by atoms with Crippen molar-refractivity contribution in [1.29, 1.82) is 0 Å². The summed E-state index contributed by atoms with van der Waals surface area (Å²) in [4.78, 5) is 34.6. The average molecular weight is 562 g/mol. The fraction of sp³-hybridized carbons (Fsp3) is 0.385. The molecule has 3 aromatic rings. The van der Waals surface area contributed by atoms with Gasteiger partial charge < -0.3 is 24.4 Å². The average Bonchev–Trinajstić information content (AvgIpc) is 3.23. The summed E-state index contributed by atoms with van der Waals surface area (Å²) in [5.41, 5.74) is 0.644. The summed E-state index contributed by atoms with van der Waals surface area (Å²) < 4.78 is 25.9. The van der Waals surface area contributed by atoms with E-state index in [1.807, 2.05) is 19.0 Å². The second-order valence-corrected chi connectivity index (χ2v) is 11.6. The highest BCUT2D eigenvalue weighted by Crippen LogP contribution is 2.39. The Morgan fingerprint density at radius 2 is 2.00 bits per heavy atom. The van der Waals surface area contributed by atoms with Gasteiger partial charge in [-0.25, -0.2) is 9.18 Å². The molecule has 4 rings (SSSR count). The standard InChI is InChI=1S/C26H29ClFN5O4S/c1-26(2,3)36-25(35)29-19-14-38-21-11-18(28)17(23-30-22(37-31-23)13-32(4)5)10-20(21)33(24(19)34)12-15-6-8-16(27)9-7-15/h6-11,19H,12-14H2,1-5H3,(H,29,35)/t19-/m0/s1. The number of nitrogens with zero attached hydrogens (tertiary/aromatic N) is 4. The molecule has 0 radical (unpaired) electrons. The predicted molar refractivity (Wildman–Crippen MR) is 144 cm³/mol. The predicted octanol–water partition coefficient (Wildman–Crippen LogP) is 5.12. The Morgan fingerprint density at radius 1 is 1.29 bits per heavy atom. The number of nitrogens with one attached hydrogen (secondary N) is 1. The number of fused-ring (bicyclic) bond motifs is 1. The number of carbonyl (C=O) groups excluding carboxylic acids is 2. The Morgan fingerprint density at radius 3 is 2.66 bits per heavy atom. The van der Waals surface area contributed by atoms with E-state index in [1.165, 1.54) is 22.7 Å². The number of carbonyl (C=O) groups is 2. The maximum Gasteiger partial charge on any atom is 0.408 e. The van der Waals surface area contributed by atoms with E-state index in [4.69, 9.17) is 20.9 Å². The van der Waals surface area contributed by atoms with E-state index >= 15 is 4.39 Å². The first-order chi connectivity index (χ1) is 17.9. The molecule has 2 heterocycles. The highest BCUT2D eigenvalue weighted by molar-refractivity contribution is 7.99. The van der Waals surface area contributed by atoms with Crippen molar-refractivity contribution in [3.05, 3.63) is 58.7 Å². The minimum Gasteiger partial charge on any atom is -0.444 e. The Hall–Kier alpha value is -3.15. The van der Waals surface area contributed by atoms with Crippen LogP contribution in [0.5, 0.6) is 0 Å². The van der Waals surface area contributed by atoms with Crippen LogP contribution in [0.2, 0.25) is 5.02 Å². The van der Waals surface area contributed by atoms with E-state index < -0.39 is 23.6 Å². The highest BCUT2D eigenvalue weighted by Gasteiger charge is 2.34. The molecule has 0 spiro atoms. The van der Waals surface area contributed by atoms with Crippen LogP contribution in [0.4, 0.5) is 14.9 Å². The molecular weight excluding hydrogens is 533 g/mol. The lowest BCUT2D eigenvalue weighted by atomic mass is 10.1. The number of ether oxygens (including phenoxy) is 1. The third kappa shape index (κ3) is 6.83. The zero-order chi connectivity index (χ0) is 27.6. The summed E-state index contributed by atoms with van der Waals surface area (Å²) in [7, 11) is 3.71. The number of amides is 2. The zero-order valence-corrected chi connectivity index (χ0v) is 23.3. The summed E-state index contributed by atoms with van der Waals surface area (Å²) in [5.74, 6) is -0.305. The molecule has 202 valence electrons. The molecule has 0 saturated heterocycles. The minimum atomic E-state index is -0.905. The van der Waals surface area contributed by atoms with Crippen molar-refractivity contribution in [2.45, 2.75) is 50.4 Å². The van der Waals surface area contributed by atoms with Crippen molar-refractivity contribution in [2.75, 3.05) is 24.7 Å². The van der Waals surface area contributed by atoms with Gasteiger partial charge in [0.15, 0.2) is 0 Å². The monoisotopic (exact) mass is 561 g/mol. The number of alkyl carbamates (subject to hydrolysis) is 1. The lowest BCUT2D eigenvalue weighted by molar-refractivity contribution is -0.120. The first-order valence-corrected chi connectivity index (χ1v) is 13.3. The van der Waals surface area contributed by atoms with E-state index in [0.717, 1.165) is 5.56 Å². The molecule has 0 aliphatic carbocycles. The van der Waals surface area contributed by atoms with Gasteiger partial charge in [0.2, 0.25) is 11.7 Å². The second kappa shape index (κ2) is 11.3. The smallest absolute Gasteiger partial charge is 0.408 e. The van der Waals surface area contributed by atoms with Gasteiger partial charge in [0.1, 0.15) is 17.5 Å². The SMILES string of the molecule is CN(C)Cc1nc(-c2cc3c(cc2F)SC[C@H](NC(=O)OC(C)(C)C)C(=O)N3Cc2ccc(Cl)cc2)no1. The van der Waals surface area contributed by atoms with Gasteiger partial charge >= 0.3 is 6.09 Å². The molecule has 0 saturated carbocycles. The van der Waals surface area contributed by atoms with Crippen molar-refractivity contribution < 1.29 is 23.2 Å². The van der Waals surface area contributed by atoms with Crippen LogP contribution in [0.15, 0.2) is 45.8 Å². The van der Waals surface area contributed by atoms with Crippen LogP contribution in [-0.4, -0.2) is 58.5 Å². The number of aromatic nitrogens is 2. The van der Waals surface area contributed by atoms with Crippen molar-refractivity contribution in [1.82, 2.24) is 20.4 Å². The van der Waals surface area contributed by atoms with Crippen LogP contribution in [0, 0.1) is 5.82 Å².